The van der Waals surface area contributed by atoms with Crippen molar-refractivity contribution in [2.24, 2.45) is 0 Å². The monoisotopic (exact) mass is 810 g/mol. The maximum atomic E-state index is 12.6. The van der Waals surface area contributed by atoms with Gasteiger partial charge in [0.2, 0.25) is 0 Å². The third kappa shape index (κ3) is 13.3. The Bertz CT molecular complexity index is 1860. The predicted molar refractivity (Wildman–Crippen MR) is 223 cm³/mol. The fourth-order valence-corrected chi connectivity index (χ4v) is 9.11. The topological polar surface area (TPSA) is 46.1 Å². The molecule has 5 heteroatoms. The minimum absolute atomic E-state index is 0. The first-order valence-corrected chi connectivity index (χ1v) is 20.0. The Balaban J connectivity index is 0.000000193. The minimum Gasteiger partial charge on any atom is -0.872 e. The van der Waals surface area contributed by atoms with Crippen LogP contribution >= 0.6 is 15.8 Å². The molecule has 0 radical (unpaired) electrons. The molecule has 262 valence electrons. The Kier molecular flexibility index (Phi) is 17.2. The van der Waals surface area contributed by atoms with Gasteiger partial charge >= 0.3 is 21.1 Å². The van der Waals surface area contributed by atoms with Gasteiger partial charge in [-0.25, -0.2) is 0 Å². The first-order valence-electron chi connectivity index (χ1n) is 17.2. The first kappa shape index (κ1) is 40.9. The molecule has 0 fully saturated rings. The molecule has 0 unspecified atom stereocenters. The van der Waals surface area contributed by atoms with Crippen molar-refractivity contribution in [1.29, 1.82) is 0 Å². The normalized spacial score (nSPS) is 11.0. The van der Waals surface area contributed by atoms with Crippen LogP contribution < -0.4 is 31.4 Å². The molecule has 0 atom stereocenters. The SMILES string of the molecule is Cc1ccc(C)cc1.[Mo+2].[O-]/C(=C\P(c1ccccc1)c1ccccc1)c1ccccc1.[O-]/C(=C\P(c1ccccc1)c1ccccc1)c1ccccc1. The molecule has 7 aromatic rings. The summed E-state index contributed by atoms with van der Waals surface area (Å²) in [6.07, 6.45) is 0. The van der Waals surface area contributed by atoms with Crippen LogP contribution in [0.15, 0.2) is 218 Å². The summed E-state index contributed by atoms with van der Waals surface area (Å²) in [7, 11) is -1.58. The van der Waals surface area contributed by atoms with E-state index >= 15 is 0 Å². The summed E-state index contributed by atoms with van der Waals surface area (Å²) in [6, 6.07) is 68.3. The summed E-state index contributed by atoms with van der Waals surface area (Å²) in [5.41, 5.74) is 4.13. The molecule has 2 nitrogen and oxygen atoms in total. The Hall–Kier alpha value is -4.83. The van der Waals surface area contributed by atoms with Gasteiger partial charge in [0.25, 0.3) is 0 Å². The molecular formula is C48H42MoO2P2. The number of hydrogen-bond donors (Lipinski definition) is 0. The van der Waals surface area contributed by atoms with Crippen LogP contribution in [-0.2, 0) is 21.1 Å². The number of rotatable bonds is 8. The van der Waals surface area contributed by atoms with E-state index in [0.717, 1.165) is 11.1 Å². The summed E-state index contributed by atoms with van der Waals surface area (Å²) in [4.78, 5) is 0. The summed E-state index contributed by atoms with van der Waals surface area (Å²) in [6.45, 7) is 4.19. The molecule has 7 aromatic carbocycles. The van der Waals surface area contributed by atoms with Gasteiger partial charge in [0.05, 0.1) is 0 Å². The van der Waals surface area contributed by atoms with Crippen LogP contribution in [-0.4, -0.2) is 0 Å². The summed E-state index contributed by atoms with van der Waals surface area (Å²) >= 11 is 0. The van der Waals surface area contributed by atoms with Gasteiger partial charge in [-0.15, -0.1) is 11.5 Å². The smallest absolute Gasteiger partial charge is 0.872 e. The average molecular weight is 809 g/mol. The molecule has 0 heterocycles. The predicted octanol–water partition coefficient (Wildman–Crippen LogP) is 9.26. The van der Waals surface area contributed by atoms with Crippen molar-refractivity contribution < 1.29 is 31.3 Å². The Morgan fingerprint density at radius 2 is 0.547 bits per heavy atom. The zero-order valence-corrected chi connectivity index (χ0v) is 33.7. The van der Waals surface area contributed by atoms with Gasteiger partial charge in [-0.3, -0.25) is 0 Å². The van der Waals surface area contributed by atoms with Crippen LogP contribution in [0.4, 0.5) is 0 Å². The van der Waals surface area contributed by atoms with Crippen molar-refractivity contribution in [2.45, 2.75) is 13.8 Å². The van der Waals surface area contributed by atoms with Gasteiger partial charge in [-0.1, -0.05) is 229 Å². The van der Waals surface area contributed by atoms with E-state index in [1.54, 1.807) is 0 Å². The largest absolute Gasteiger partial charge is 2.00 e. The maximum Gasteiger partial charge on any atom is 2.00 e. The Morgan fingerprint density at radius 3 is 0.774 bits per heavy atom. The average Bonchev–Trinajstić information content (AvgIpc) is 3.22. The van der Waals surface area contributed by atoms with Crippen molar-refractivity contribution in [3.63, 3.8) is 0 Å². The summed E-state index contributed by atoms with van der Waals surface area (Å²) in [5, 5.41) is 29.9. The van der Waals surface area contributed by atoms with Gasteiger partial charge in [0, 0.05) is 0 Å². The van der Waals surface area contributed by atoms with Gasteiger partial charge in [0.15, 0.2) is 0 Å². The van der Waals surface area contributed by atoms with Crippen molar-refractivity contribution >= 4 is 48.6 Å². The van der Waals surface area contributed by atoms with E-state index in [-0.39, 0.29) is 32.6 Å². The molecule has 0 aromatic heterocycles. The Labute approximate surface area is 332 Å². The van der Waals surface area contributed by atoms with Crippen LogP contribution in [0.5, 0.6) is 0 Å². The molecule has 0 aliphatic rings. The molecule has 0 saturated carbocycles. The summed E-state index contributed by atoms with van der Waals surface area (Å²) < 4.78 is 0. The fraction of sp³-hybridized carbons (Fsp3) is 0.0417. The van der Waals surface area contributed by atoms with E-state index in [4.69, 9.17) is 0 Å². The molecule has 0 bridgehead atoms. The maximum absolute atomic E-state index is 12.6. The third-order valence-electron chi connectivity index (χ3n) is 7.97. The molecule has 0 aliphatic carbocycles. The number of hydrogen-bond acceptors (Lipinski definition) is 2. The first-order chi connectivity index (χ1) is 25.5. The minimum atomic E-state index is -0.788. The molecule has 0 saturated heterocycles. The van der Waals surface area contributed by atoms with Gasteiger partial charge < -0.3 is 10.2 Å². The van der Waals surface area contributed by atoms with E-state index in [9.17, 15) is 10.2 Å². The van der Waals surface area contributed by atoms with Crippen LogP contribution in [0, 0.1) is 13.8 Å². The molecular weight excluding hydrogens is 766 g/mol. The van der Waals surface area contributed by atoms with E-state index in [0.29, 0.717) is 0 Å². The molecule has 0 aliphatic heterocycles. The van der Waals surface area contributed by atoms with E-state index in [2.05, 4.69) is 86.6 Å². The van der Waals surface area contributed by atoms with Gasteiger partial charge in [-0.2, -0.15) is 0 Å². The Morgan fingerprint density at radius 1 is 0.340 bits per heavy atom. The van der Waals surface area contributed by atoms with Crippen molar-refractivity contribution in [3.05, 3.63) is 240 Å². The standard InChI is InChI=1S/2C20H17OP.C8H10.Mo/c2*21-20(17-10-4-1-5-11-17)16-22(18-12-6-2-7-13-18)19-14-8-3-9-15-19;1-7-3-5-8(2)6-4-7;/h2*1-16,21H;3-6H,1-2H3;/q;;;+2/p-2/b2*20-16-;;. The molecule has 0 spiro atoms. The van der Waals surface area contributed by atoms with Crippen LogP contribution in [0.1, 0.15) is 22.3 Å². The van der Waals surface area contributed by atoms with Crippen molar-refractivity contribution in [2.75, 3.05) is 0 Å². The van der Waals surface area contributed by atoms with E-state index in [1.165, 1.54) is 32.3 Å². The zero-order chi connectivity index (χ0) is 36.4. The van der Waals surface area contributed by atoms with Crippen LogP contribution in [0.2, 0.25) is 0 Å². The van der Waals surface area contributed by atoms with E-state index < -0.39 is 15.8 Å². The van der Waals surface area contributed by atoms with Gasteiger partial charge in [-0.05, 0) is 62.0 Å². The van der Waals surface area contributed by atoms with Gasteiger partial charge in [0.1, 0.15) is 0 Å². The van der Waals surface area contributed by atoms with Crippen molar-refractivity contribution in [3.8, 4) is 0 Å². The van der Waals surface area contributed by atoms with Crippen LogP contribution in [0.25, 0.3) is 11.5 Å². The second kappa shape index (κ2) is 22.3. The molecule has 0 N–H and O–H groups in total. The summed E-state index contributed by atoms with van der Waals surface area (Å²) in [5.74, 6) is 3.91. The van der Waals surface area contributed by atoms with Crippen molar-refractivity contribution in [1.82, 2.24) is 0 Å². The number of benzene rings is 7. The second-order valence-corrected chi connectivity index (χ2v) is 16.0. The molecule has 0 amide bonds. The van der Waals surface area contributed by atoms with Crippen LogP contribution in [0.3, 0.4) is 0 Å². The number of aryl methyl sites for hydroxylation is 2. The quantitative estimate of drug-likeness (QED) is 0.0874. The van der Waals surface area contributed by atoms with E-state index in [1.807, 2.05) is 145 Å². The molecule has 7 rings (SSSR count). The second-order valence-electron chi connectivity index (χ2n) is 12.0. The third-order valence-corrected chi connectivity index (χ3v) is 12.4. The molecule has 53 heavy (non-hydrogen) atoms. The fourth-order valence-electron chi connectivity index (χ4n) is 5.18. The zero-order valence-electron chi connectivity index (χ0n) is 29.9.